The molecule has 1 aliphatic heterocycles. The van der Waals surface area contributed by atoms with Gasteiger partial charge in [-0.05, 0) is 38.8 Å². The molecule has 2 N–H and O–H groups in total. The summed E-state index contributed by atoms with van der Waals surface area (Å²) in [5.41, 5.74) is 2.71. The summed E-state index contributed by atoms with van der Waals surface area (Å²) in [6.07, 6.45) is 2.64. The molecule has 88 valence electrons. The average molecular weight is 218 g/mol. The molecule has 1 unspecified atom stereocenters. The van der Waals surface area contributed by atoms with Gasteiger partial charge >= 0.3 is 0 Å². The van der Waals surface area contributed by atoms with Crippen molar-refractivity contribution in [3.8, 4) is 0 Å². The zero-order valence-corrected chi connectivity index (χ0v) is 10.3. The van der Waals surface area contributed by atoms with E-state index in [0.29, 0.717) is 12.1 Å². The van der Waals surface area contributed by atoms with Crippen molar-refractivity contribution in [2.75, 3.05) is 13.1 Å². The SMILES string of the molecule is Cc1ccc([C@H](C)NCC2CCCN2)cc1. The molecule has 0 saturated carbocycles. The first-order chi connectivity index (χ1) is 7.75. The third-order valence-electron chi connectivity index (χ3n) is 3.41. The Labute approximate surface area is 98.4 Å². The monoisotopic (exact) mass is 218 g/mol. The van der Waals surface area contributed by atoms with Crippen LogP contribution in [0.4, 0.5) is 0 Å². The lowest BCUT2D eigenvalue weighted by Crippen LogP contribution is -2.35. The quantitative estimate of drug-likeness (QED) is 0.811. The van der Waals surface area contributed by atoms with E-state index >= 15 is 0 Å². The van der Waals surface area contributed by atoms with Crippen molar-refractivity contribution < 1.29 is 0 Å². The fraction of sp³-hybridized carbons (Fsp3) is 0.571. The van der Waals surface area contributed by atoms with Gasteiger partial charge in [0, 0.05) is 18.6 Å². The molecule has 0 spiro atoms. The largest absolute Gasteiger partial charge is 0.313 e. The fourth-order valence-corrected chi connectivity index (χ4v) is 2.22. The van der Waals surface area contributed by atoms with Crippen LogP contribution in [0.15, 0.2) is 24.3 Å². The molecule has 1 aromatic rings. The standard InChI is InChI=1S/C14H22N2/c1-11-5-7-13(8-6-11)12(2)16-10-14-4-3-9-15-14/h5-8,12,14-16H,3-4,9-10H2,1-2H3/t12-,14?/m0/s1. The van der Waals surface area contributed by atoms with Crippen LogP contribution in [-0.4, -0.2) is 19.1 Å². The second-order valence-electron chi connectivity index (χ2n) is 4.83. The summed E-state index contributed by atoms with van der Waals surface area (Å²) in [6, 6.07) is 9.92. The van der Waals surface area contributed by atoms with Gasteiger partial charge in [-0.2, -0.15) is 0 Å². The summed E-state index contributed by atoms with van der Waals surface area (Å²) in [5, 5.41) is 7.11. The molecule has 0 aliphatic carbocycles. The second-order valence-corrected chi connectivity index (χ2v) is 4.83. The van der Waals surface area contributed by atoms with Crippen LogP contribution in [0.1, 0.15) is 36.9 Å². The van der Waals surface area contributed by atoms with Crippen LogP contribution in [0.25, 0.3) is 0 Å². The number of benzene rings is 1. The van der Waals surface area contributed by atoms with Gasteiger partial charge in [0.25, 0.3) is 0 Å². The maximum atomic E-state index is 3.60. The van der Waals surface area contributed by atoms with E-state index in [0.717, 1.165) is 6.54 Å². The van der Waals surface area contributed by atoms with Crippen LogP contribution < -0.4 is 10.6 Å². The van der Waals surface area contributed by atoms with E-state index in [1.54, 1.807) is 0 Å². The fourth-order valence-electron chi connectivity index (χ4n) is 2.22. The zero-order valence-electron chi connectivity index (χ0n) is 10.3. The lowest BCUT2D eigenvalue weighted by molar-refractivity contribution is 0.490. The van der Waals surface area contributed by atoms with Crippen LogP contribution in [0.3, 0.4) is 0 Å². The molecule has 16 heavy (non-hydrogen) atoms. The van der Waals surface area contributed by atoms with Gasteiger partial charge in [-0.15, -0.1) is 0 Å². The zero-order chi connectivity index (χ0) is 11.4. The summed E-state index contributed by atoms with van der Waals surface area (Å²) >= 11 is 0. The Morgan fingerprint density at radius 2 is 2.12 bits per heavy atom. The van der Waals surface area contributed by atoms with Crippen LogP contribution in [0.5, 0.6) is 0 Å². The highest BCUT2D eigenvalue weighted by molar-refractivity contribution is 5.23. The Bertz CT molecular complexity index is 312. The van der Waals surface area contributed by atoms with Crippen molar-refractivity contribution in [1.29, 1.82) is 0 Å². The first-order valence-corrected chi connectivity index (χ1v) is 6.29. The van der Waals surface area contributed by atoms with Crippen LogP contribution in [0.2, 0.25) is 0 Å². The minimum Gasteiger partial charge on any atom is -0.313 e. The molecule has 2 atom stereocenters. The highest BCUT2D eigenvalue weighted by Gasteiger charge is 2.14. The van der Waals surface area contributed by atoms with Gasteiger partial charge in [-0.25, -0.2) is 0 Å². The first kappa shape index (κ1) is 11.6. The number of aryl methyl sites for hydroxylation is 1. The van der Waals surface area contributed by atoms with E-state index in [2.05, 4.69) is 48.7 Å². The van der Waals surface area contributed by atoms with E-state index in [1.807, 2.05) is 0 Å². The summed E-state index contributed by atoms with van der Waals surface area (Å²) in [5.74, 6) is 0. The molecule has 0 aromatic heterocycles. The minimum absolute atomic E-state index is 0.447. The van der Waals surface area contributed by atoms with E-state index in [4.69, 9.17) is 0 Å². The third kappa shape index (κ3) is 3.06. The van der Waals surface area contributed by atoms with Gasteiger partial charge in [0.05, 0.1) is 0 Å². The minimum atomic E-state index is 0.447. The Balaban J connectivity index is 1.82. The molecule has 1 fully saturated rings. The molecular formula is C14H22N2. The van der Waals surface area contributed by atoms with Crippen molar-refractivity contribution in [1.82, 2.24) is 10.6 Å². The molecule has 0 amide bonds. The van der Waals surface area contributed by atoms with Crippen molar-refractivity contribution >= 4 is 0 Å². The maximum absolute atomic E-state index is 3.60. The molecular weight excluding hydrogens is 196 g/mol. The lowest BCUT2D eigenvalue weighted by Gasteiger charge is -2.18. The van der Waals surface area contributed by atoms with Gasteiger partial charge in [-0.3, -0.25) is 0 Å². The summed E-state index contributed by atoms with van der Waals surface area (Å²) < 4.78 is 0. The highest BCUT2D eigenvalue weighted by Crippen LogP contribution is 2.13. The highest BCUT2D eigenvalue weighted by atomic mass is 15.0. The lowest BCUT2D eigenvalue weighted by atomic mass is 10.1. The molecule has 1 saturated heterocycles. The van der Waals surface area contributed by atoms with Crippen molar-refractivity contribution in [3.63, 3.8) is 0 Å². The molecule has 0 radical (unpaired) electrons. The van der Waals surface area contributed by atoms with Gasteiger partial charge in [0.15, 0.2) is 0 Å². The van der Waals surface area contributed by atoms with Gasteiger partial charge in [-0.1, -0.05) is 29.8 Å². The van der Waals surface area contributed by atoms with E-state index in [1.165, 1.54) is 30.5 Å². The van der Waals surface area contributed by atoms with Crippen molar-refractivity contribution in [2.45, 2.75) is 38.8 Å². The number of rotatable bonds is 4. The third-order valence-corrected chi connectivity index (χ3v) is 3.41. The van der Waals surface area contributed by atoms with E-state index in [9.17, 15) is 0 Å². The van der Waals surface area contributed by atoms with Crippen LogP contribution in [0, 0.1) is 6.92 Å². The smallest absolute Gasteiger partial charge is 0.0292 e. The normalized spacial score (nSPS) is 22.2. The molecule has 1 aliphatic rings. The molecule has 2 heteroatoms. The topological polar surface area (TPSA) is 24.1 Å². The molecule has 0 bridgehead atoms. The van der Waals surface area contributed by atoms with Crippen molar-refractivity contribution in [3.05, 3.63) is 35.4 Å². The Kier molecular flexibility index (Phi) is 3.97. The van der Waals surface area contributed by atoms with Gasteiger partial charge in [0.2, 0.25) is 0 Å². The Morgan fingerprint density at radius 1 is 1.38 bits per heavy atom. The number of hydrogen-bond donors (Lipinski definition) is 2. The van der Waals surface area contributed by atoms with Crippen LogP contribution >= 0.6 is 0 Å². The average Bonchev–Trinajstić information content (AvgIpc) is 2.80. The Morgan fingerprint density at radius 3 is 2.75 bits per heavy atom. The van der Waals surface area contributed by atoms with Crippen molar-refractivity contribution in [2.24, 2.45) is 0 Å². The first-order valence-electron chi connectivity index (χ1n) is 6.29. The molecule has 2 nitrogen and oxygen atoms in total. The molecule has 1 aromatic carbocycles. The second kappa shape index (κ2) is 5.46. The van der Waals surface area contributed by atoms with Gasteiger partial charge in [0.1, 0.15) is 0 Å². The Hall–Kier alpha value is -0.860. The number of nitrogens with one attached hydrogen (secondary N) is 2. The summed E-state index contributed by atoms with van der Waals surface area (Å²) in [6.45, 7) is 6.63. The predicted octanol–water partition coefficient (Wildman–Crippen LogP) is 2.40. The molecule has 1 heterocycles. The number of hydrogen-bond acceptors (Lipinski definition) is 2. The van der Waals surface area contributed by atoms with E-state index < -0.39 is 0 Å². The van der Waals surface area contributed by atoms with E-state index in [-0.39, 0.29) is 0 Å². The van der Waals surface area contributed by atoms with Gasteiger partial charge < -0.3 is 10.6 Å². The molecule has 2 rings (SSSR count). The predicted molar refractivity (Wildman–Crippen MR) is 68.6 cm³/mol. The summed E-state index contributed by atoms with van der Waals surface area (Å²) in [7, 11) is 0. The maximum Gasteiger partial charge on any atom is 0.0292 e. The summed E-state index contributed by atoms with van der Waals surface area (Å²) in [4.78, 5) is 0. The van der Waals surface area contributed by atoms with Crippen LogP contribution in [-0.2, 0) is 0 Å².